The minimum Gasteiger partial charge on any atom is -0.335 e. The van der Waals surface area contributed by atoms with E-state index in [4.69, 9.17) is 0 Å². The summed E-state index contributed by atoms with van der Waals surface area (Å²) in [7, 11) is 0. The van der Waals surface area contributed by atoms with E-state index in [1.165, 1.54) is 11.6 Å². The lowest BCUT2D eigenvalue weighted by atomic mass is 9.69. The van der Waals surface area contributed by atoms with Gasteiger partial charge in [-0.1, -0.05) is 43.2 Å². The van der Waals surface area contributed by atoms with Gasteiger partial charge in [0.2, 0.25) is 0 Å². The third-order valence-corrected chi connectivity index (χ3v) is 6.17. The molecule has 2 aromatic rings. The van der Waals surface area contributed by atoms with Crippen LogP contribution in [0.5, 0.6) is 0 Å². The zero-order chi connectivity index (χ0) is 19.7. The summed E-state index contributed by atoms with van der Waals surface area (Å²) >= 11 is 0. The van der Waals surface area contributed by atoms with Crippen LogP contribution in [-0.2, 0) is 6.18 Å². The highest BCUT2D eigenvalue weighted by Gasteiger charge is 2.42. The van der Waals surface area contributed by atoms with Crippen LogP contribution in [-0.4, -0.2) is 28.4 Å². The second-order valence-corrected chi connectivity index (χ2v) is 7.75. The van der Waals surface area contributed by atoms with Crippen molar-refractivity contribution in [1.82, 2.24) is 9.88 Å². The molecule has 1 aliphatic heterocycles. The number of pyridine rings is 1. The van der Waals surface area contributed by atoms with E-state index in [9.17, 15) is 18.0 Å². The Hall–Kier alpha value is -2.37. The maximum Gasteiger partial charge on any atom is 0.433 e. The first kappa shape index (κ1) is 19.0. The summed E-state index contributed by atoms with van der Waals surface area (Å²) in [4.78, 5) is 18.4. The third kappa shape index (κ3) is 3.64. The molecule has 4 rings (SSSR count). The van der Waals surface area contributed by atoms with Crippen LogP contribution in [0.1, 0.15) is 59.6 Å². The summed E-state index contributed by atoms with van der Waals surface area (Å²) in [5, 5.41) is 0. The van der Waals surface area contributed by atoms with Gasteiger partial charge >= 0.3 is 6.18 Å². The Bertz CT molecular complexity index is 820. The van der Waals surface area contributed by atoms with Crippen molar-refractivity contribution in [2.45, 2.75) is 50.2 Å². The van der Waals surface area contributed by atoms with Crippen LogP contribution in [0.25, 0.3) is 0 Å². The molecule has 2 aliphatic rings. The van der Waals surface area contributed by atoms with Crippen molar-refractivity contribution in [1.29, 1.82) is 0 Å². The highest BCUT2D eigenvalue weighted by atomic mass is 19.4. The Kier molecular flexibility index (Phi) is 5.13. The van der Waals surface area contributed by atoms with Crippen LogP contribution >= 0.6 is 0 Å². The number of amides is 1. The van der Waals surface area contributed by atoms with E-state index in [0.29, 0.717) is 18.4 Å². The maximum absolute atomic E-state index is 13.1. The monoisotopic (exact) mass is 388 g/mol. The van der Waals surface area contributed by atoms with Gasteiger partial charge in [-0.25, -0.2) is 0 Å². The molecule has 1 amide bonds. The van der Waals surface area contributed by atoms with Gasteiger partial charge in [-0.2, -0.15) is 13.2 Å². The van der Waals surface area contributed by atoms with Gasteiger partial charge in [0.05, 0.1) is 5.56 Å². The summed E-state index contributed by atoms with van der Waals surface area (Å²) in [5.41, 5.74) is 0.584. The number of hydrogen-bond acceptors (Lipinski definition) is 2. The lowest BCUT2D eigenvalue weighted by Gasteiger charge is -2.48. The first-order chi connectivity index (χ1) is 13.4. The van der Waals surface area contributed by atoms with E-state index in [0.717, 1.165) is 44.4 Å². The molecule has 0 unspecified atom stereocenters. The Morgan fingerprint density at radius 3 is 2.43 bits per heavy atom. The van der Waals surface area contributed by atoms with Crippen molar-refractivity contribution < 1.29 is 18.0 Å². The molecule has 0 N–H and O–H groups in total. The van der Waals surface area contributed by atoms with Crippen LogP contribution in [0.2, 0.25) is 0 Å². The Labute approximate surface area is 162 Å². The van der Waals surface area contributed by atoms with Crippen molar-refractivity contribution >= 4 is 5.91 Å². The molecule has 148 valence electrons. The Morgan fingerprint density at radius 1 is 1.00 bits per heavy atom. The number of carbonyl (C=O) groups excluding carboxylic acids is 1. The predicted molar refractivity (Wildman–Crippen MR) is 99.8 cm³/mol. The third-order valence-electron chi connectivity index (χ3n) is 6.17. The first-order valence-corrected chi connectivity index (χ1v) is 9.84. The van der Waals surface area contributed by atoms with E-state index in [2.05, 4.69) is 29.2 Å². The van der Waals surface area contributed by atoms with Gasteiger partial charge in [-0.05, 0) is 48.8 Å². The molecule has 28 heavy (non-hydrogen) atoms. The molecule has 1 saturated heterocycles. The number of benzene rings is 1. The lowest BCUT2D eigenvalue weighted by Crippen LogP contribution is -2.52. The number of hydrogen-bond donors (Lipinski definition) is 0. The highest BCUT2D eigenvalue weighted by Crippen LogP contribution is 2.44. The average molecular weight is 388 g/mol. The van der Waals surface area contributed by atoms with E-state index in [-0.39, 0.29) is 17.5 Å². The molecule has 1 aromatic carbocycles. The van der Waals surface area contributed by atoms with Crippen LogP contribution in [0.15, 0.2) is 48.7 Å². The van der Waals surface area contributed by atoms with Crippen LogP contribution < -0.4 is 0 Å². The minimum atomic E-state index is -4.50. The largest absolute Gasteiger partial charge is 0.433 e. The fraction of sp³-hybridized carbons (Fsp3) is 0.455. The summed E-state index contributed by atoms with van der Waals surface area (Å²) in [6.45, 7) is 0.626. The van der Waals surface area contributed by atoms with Crippen LogP contribution in [0, 0.1) is 5.92 Å². The van der Waals surface area contributed by atoms with Crippen molar-refractivity contribution in [3.05, 3.63) is 65.5 Å². The quantitative estimate of drug-likeness (QED) is 0.700. The Morgan fingerprint density at radius 2 is 1.75 bits per heavy atom. The SMILES string of the molecule is O=C(c1ccc(C(F)(F)F)nc1)N1CC[C@H](c2ccccc2)[C@H]2CCCC[C@H]21. The van der Waals surface area contributed by atoms with Gasteiger partial charge in [0.25, 0.3) is 5.91 Å². The summed E-state index contributed by atoms with van der Waals surface area (Å²) < 4.78 is 38.2. The fourth-order valence-electron chi connectivity index (χ4n) is 4.87. The Balaban J connectivity index is 1.56. The second-order valence-electron chi connectivity index (χ2n) is 7.75. The van der Waals surface area contributed by atoms with Crippen molar-refractivity contribution in [2.75, 3.05) is 6.54 Å². The minimum absolute atomic E-state index is 0.141. The van der Waals surface area contributed by atoms with Crippen LogP contribution in [0.3, 0.4) is 0 Å². The van der Waals surface area contributed by atoms with Crippen molar-refractivity contribution in [3.63, 3.8) is 0 Å². The molecular formula is C22H23F3N2O. The molecule has 1 saturated carbocycles. The number of aromatic nitrogens is 1. The highest BCUT2D eigenvalue weighted by molar-refractivity contribution is 5.94. The van der Waals surface area contributed by atoms with Crippen molar-refractivity contribution in [2.24, 2.45) is 5.92 Å². The number of fused-ring (bicyclic) bond motifs is 1. The molecule has 2 heterocycles. The van der Waals surface area contributed by atoms with E-state index in [1.54, 1.807) is 0 Å². The average Bonchev–Trinajstić information content (AvgIpc) is 2.72. The molecule has 0 radical (unpaired) electrons. The van der Waals surface area contributed by atoms with Gasteiger partial charge in [-0.15, -0.1) is 0 Å². The fourth-order valence-corrected chi connectivity index (χ4v) is 4.87. The smallest absolute Gasteiger partial charge is 0.335 e. The maximum atomic E-state index is 13.1. The topological polar surface area (TPSA) is 33.2 Å². The van der Waals surface area contributed by atoms with E-state index in [1.807, 2.05) is 11.0 Å². The van der Waals surface area contributed by atoms with Gasteiger partial charge < -0.3 is 4.90 Å². The number of alkyl halides is 3. The summed E-state index contributed by atoms with van der Waals surface area (Å²) in [5.74, 6) is 0.627. The standard InChI is InChI=1S/C22H23F3N2O/c23-22(24,25)20-11-10-16(14-26-20)21(28)27-13-12-17(15-6-2-1-3-7-15)18-8-4-5-9-19(18)27/h1-3,6-7,10-11,14,17-19H,4-5,8-9,12-13H2/t17-,18-,19-/m1/s1. The number of rotatable bonds is 2. The molecule has 3 atom stereocenters. The number of piperidine rings is 1. The summed E-state index contributed by atoms with van der Waals surface area (Å²) in [6, 6.07) is 12.7. The van der Waals surface area contributed by atoms with Crippen molar-refractivity contribution in [3.8, 4) is 0 Å². The van der Waals surface area contributed by atoms with E-state index >= 15 is 0 Å². The molecule has 1 aliphatic carbocycles. The molecule has 3 nitrogen and oxygen atoms in total. The molecule has 6 heteroatoms. The summed E-state index contributed by atoms with van der Waals surface area (Å²) in [6.07, 6.45) is 1.72. The molecule has 0 bridgehead atoms. The number of likely N-dealkylation sites (tertiary alicyclic amines) is 1. The molecular weight excluding hydrogens is 365 g/mol. The zero-order valence-corrected chi connectivity index (χ0v) is 15.5. The lowest BCUT2D eigenvalue weighted by molar-refractivity contribution is -0.141. The molecule has 2 fully saturated rings. The number of nitrogens with zero attached hydrogens (tertiary/aromatic N) is 2. The van der Waals surface area contributed by atoms with E-state index < -0.39 is 11.9 Å². The second kappa shape index (κ2) is 7.57. The number of halogens is 3. The van der Waals surface area contributed by atoms with Crippen LogP contribution in [0.4, 0.5) is 13.2 Å². The predicted octanol–water partition coefficient (Wildman–Crippen LogP) is 5.29. The molecule has 1 aromatic heterocycles. The first-order valence-electron chi connectivity index (χ1n) is 9.84. The van der Waals surface area contributed by atoms with Gasteiger partial charge in [0.1, 0.15) is 5.69 Å². The molecule has 0 spiro atoms. The van der Waals surface area contributed by atoms with Gasteiger partial charge in [0.15, 0.2) is 0 Å². The van der Waals surface area contributed by atoms with Gasteiger partial charge in [-0.3, -0.25) is 9.78 Å². The zero-order valence-electron chi connectivity index (χ0n) is 15.5. The van der Waals surface area contributed by atoms with Gasteiger partial charge in [0, 0.05) is 18.8 Å². The normalized spacial score (nSPS) is 25.2. The number of carbonyl (C=O) groups is 1.